The summed E-state index contributed by atoms with van der Waals surface area (Å²) in [6.07, 6.45) is 2.41. The summed E-state index contributed by atoms with van der Waals surface area (Å²) in [7, 11) is 0. The maximum atomic E-state index is 12.9. The van der Waals surface area contributed by atoms with Crippen LogP contribution in [-0.2, 0) is 4.74 Å². The van der Waals surface area contributed by atoms with E-state index in [1.54, 1.807) is 20.8 Å². The Morgan fingerprint density at radius 3 is 2.43 bits per heavy atom. The highest BCUT2D eigenvalue weighted by Crippen LogP contribution is 2.11. The lowest BCUT2D eigenvalue weighted by Gasteiger charge is -2.18. The number of aromatic nitrogens is 2. The Kier molecular flexibility index (Phi) is 2.78. The number of nitrogens with zero attached hydrogens (tertiary/aromatic N) is 2. The molecule has 1 heterocycles. The molecule has 0 aliphatic rings. The average Bonchev–Trinajstić information content (AvgIpc) is 2.01. The first kappa shape index (κ1) is 10.6. The highest BCUT2D eigenvalue weighted by atomic mass is 19.1. The Hall–Kier alpha value is -1.52. The summed E-state index contributed by atoms with van der Waals surface area (Å²) in [5, 5.41) is 0. The van der Waals surface area contributed by atoms with Crippen molar-refractivity contribution in [2.75, 3.05) is 0 Å². The van der Waals surface area contributed by atoms with Gasteiger partial charge in [0.15, 0.2) is 0 Å². The average molecular weight is 198 g/mol. The van der Waals surface area contributed by atoms with E-state index in [0.717, 1.165) is 0 Å². The van der Waals surface area contributed by atoms with Crippen molar-refractivity contribution in [1.82, 2.24) is 9.97 Å². The number of carbonyl (C=O) groups is 1. The van der Waals surface area contributed by atoms with E-state index < -0.39 is 17.5 Å². The summed E-state index contributed by atoms with van der Waals surface area (Å²) in [4.78, 5) is 18.2. The third-order valence-electron chi connectivity index (χ3n) is 1.25. The van der Waals surface area contributed by atoms with Gasteiger partial charge in [0, 0.05) is 12.4 Å². The van der Waals surface area contributed by atoms with Crippen LogP contribution in [0.2, 0.25) is 0 Å². The molecule has 0 aliphatic carbocycles. The van der Waals surface area contributed by atoms with Crippen molar-refractivity contribution in [3.63, 3.8) is 0 Å². The molecule has 1 aromatic rings. The second kappa shape index (κ2) is 3.69. The van der Waals surface area contributed by atoms with E-state index in [1.807, 2.05) is 0 Å². The number of rotatable bonds is 1. The second-order valence-corrected chi connectivity index (χ2v) is 3.70. The highest BCUT2D eigenvalue weighted by molar-refractivity contribution is 5.87. The zero-order chi connectivity index (χ0) is 10.8. The van der Waals surface area contributed by atoms with Gasteiger partial charge in [0.25, 0.3) is 0 Å². The number of ether oxygens (including phenoxy) is 1. The molecule has 0 radical (unpaired) electrons. The van der Waals surface area contributed by atoms with Crippen molar-refractivity contribution < 1.29 is 13.9 Å². The smallest absolute Gasteiger partial charge is 0.362 e. The summed E-state index contributed by atoms with van der Waals surface area (Å²) in [6.45, 7) is 5.08. The van der Waals surface area contributed by atoms with Crippen LogP contribution in [0.25, 0.3) is 0 Å². The van der Waals surface area contributed by atoms with Crippen molar-refractivity contribution in [2.45, 2.75) is 26.4 Å². The lowest BCUT2D eigenvalue weighted by Crippen LogP contribution is -2.25. The molecule has 0 aromatic carbocycles. The van der Waals surface area contributed by atoms with Crippen LogP contribution < -0.4 is 0 Å². The number of esters is 1. The SMILES string of the molecule is CC(C)(C)OC(=O)c1nccnc1F. The van der Waals surface area contributed by atoms with Gasteiger partial charge in [-0.2, -0.15) is 4.39 Å². The largest absolute Gasteiger partial charge is 0.455 e. The summed E-state index contributed by atoms with van der Waals surface area (Å²) in [5.41, 5.74) is -1.05. The maximum absolute atomic E-state index is 12.9. The van der Waals surface area contributed by atoms with E-state index in [4.69, 9.17) is 4.74 Å². The molecule has 0 amide bonds. The van der Waals surface area contributed by atoms with E-state index in [9.17, 15) is 9.18 Å². The fraction of sp³-hybridized carbons (Fsp3) is 0.444. The highest BCUT2D eigenvalue weighted by Gasteiger charge is 2.22. The normalized spacial score (nSPS) is 11.1. The molecule has 0 N–H and O–H groups in total. The van der Waals surface area contributed by atoms with E-state index in [2.05, 4.69) is 9.97 Å². The van der Waals surface area contributed by atoms with E-state index >= 15 is 0 Å². The predicted molar refractivity (Wildman–Crippen MR) is 47.2 cm³/mol. The Balaban J connectivity index is 2.86. The fourth-order valence-corrected chi connectivity index (χ4v) is 0.784. The van der Waals surface area contributed by atoms with Crippen molar-refractivity contribution in [1.29, 1.82) is 0 Å². The van der Waals surface area contributed by atoms with Gasteiger partial charge in [0.1, 0.15) is 5.60 Å². The molecule has 0 spiro atoms. The van der Waals surface area contributed by atoms with Crippen molar-refractivity contribution in [3.05, 3.63) is 24.0 Å². The van der Waals surface area contributed by atoms with Crippen molar-refractivity contribution >= 4 is 5.97 Å². The van der Waals surface area contributed by atoms with Crippen molar-refractivity contribution in [3.8, 4) is 0 Å². The monoisotopic (exact) mass is 198 g/mol. The standard InChI is InChI=1S/C9H11FN2O2/c1-9(2,3)14-8(13)6-7(10)12-5-4-11-6/h4-5H,1-3H3. The molecule has 4 nitrogen and oxygen atoms in total. The first-order chi connectivity index (χ1) is 6.40. The summed E-state index contributed by atoms with van der Waals surface area (Å²) in [5.74, 6) is -1.72. The predicted octanol–water partition coefficient (Wildman–Crippen LogP) is 1.57. The van der Waals surface area contributed by atoms with Gasteiger partial charge in [0.05, 0.1) is 0 Å². The van der Waals surface area contributed by atoms with E-state index in [0.29, 0.717) is 0 Å². The molecule has 1 rings (SSSR count). The van der Waals surface area contributed by atoms with Crippen LogP contribution in [0.3, 0.4) is 0 Å². The van der Waals surface area contributed by atoms with Gasteiger partial charge >= 0.3 is 5.97 Å². The Morgan fingerprint density at radius 1 is 1.36 bits per heavy atom. The topological polar surface area (TPSA) is 52.1 Å². The van der Waals surface area contributed by atoms with Crippen LogP contribution in [0, 0.1) is 5.95 Å². The van der Waals surface area contributed by atoms with Gasteiger partial charge in [-0.3, -0.25) is 0 Å². The molecular weight excluding hydrogens is 187 g/mol. The first-order valence-electron chi connectivity index (χ1n) is 4.10. The quantitative estimate of drug-likeness (QED) is 0.643. The molecule has 0 saturated carbocycles. The molecule has 0 saturated heterocycles. The number of carbonyl (C=O) groups excluding carboxylic acids is 1. The van der Waals surface area contributed by atoms with Crippen LogP contribution in [0.1, 0.15) is 31.3 Å². The van der Waals surface area contributed by atoms with Crippen LogP contribution in [-0.4, -0.2) is 21.5 Å². The van der Waals surface area contributed by atoms with Gasteiger partial charge < -0.3 is 4.74 Å². The number of hydrogen-bond acceptors (Lipinski definition) is 4. The molecule has 5 heteroatoms. The van der Waals surface area contributed by atoms with E-state index in [1.165, 1.54) is 12.4 Å². The lowest BCUT2D eigenvalue weighted by molar-refractivity contribution is 0.00564. The first-order valence-corrected chi connectivity index (χ1v) is 4.10. The van der Waals surface area contributed by atoms with Crippen molar-refractivity contribution in [2.24, 2.45) is 0 Å². The molecule has 0 fully saturated rings. The molecule has 0 bridgehead atoms. The molecule has 1 aromatic heterocycles. The van der Waals surface area contributed by atoms with E-state index in [-0.39, 0.29) is 5.69 Å². The molecule has 0 aliphatic heterocycles. The van der Waals surface area contributed by atoms with Gasteiger partial charge in [-0.1, -0.05) is 0 Å². The van der Waals surface area contributed by atoms with Crippen LogP contribution in [0.15, 0.2) is 12.4 Å². The second-order valence-electron chi connectivity index (χ2n) is 3.70. The van der Waals surface area contributed by atoms with Gasteiger partial charge in [-0.05, 0) is 20.8 Å². The van der Waals surface area contributed by atoms with Gasteiger partial charge in [0.2, 0.25) is 11.6 Å². The molecule has 0 unspecified atom stereocenters. The maximum Gasteiger partial charge on any atom is 0.362 e. The van der Waals surface area contributed by atoms with Gasteiger partial charge in [-0.25, -0.2) is 14.8 Å². The third-order valence-corrected chi connectivity index (χ3v) is 1.25. The molecule has 0 atom stereocenters. The van der Waals surface area contributed by atoms with Crippen LogP contribution in [0.5, 0.6) is 0 Å². The third kappa shape index (κ3) is 2.76. The zero-order valence-electron chi connectivity index (χ0n) is 8.24. The minimum Gasteiger partial charge on any atom is -0.455 e. The summed E-state index contributed by atoms with van der Waals surface area (Å²) >= 11 is 0. The van der Waals surface area contributed by atoms with Crippen LogP contribution >= 0.6 is 0 Å². The molecule has 76 valence electrons. The summed E-state index contributed by atoms with van der Waals surface area (Å²) < 4.78 is 17.9. The Morgan fingerprint density at radius 2 is 1.93 bits per heavy atom. The van der Waals surface area contributed by atoms with Crippen LogP contribution in [0.4, 0.5) is 4.39 Å². The molecular formula is C9H11FN2O2. The fourth-order valence-electron chi connectivity index (χ4n) is 0.784. The zero-order valence-corrected chi connectivity index (χ0v) is 8.24. The number of hydrogen-bond donors (Lipinski definition) is 0. The Labute approximate surface area is 81.1 Å². The summed E-state index contributed by atoms with van der Waals surface area (Å²) in [6, 6.07) is 0. The lowest BCUT2D eigenvalue weighted by atomic mass is 10.2. The minimum absolute atomic E-state index is 0.387. The molecule has 14 heavy (non-hydrogen) atoms. The number of halogens is 1. The minimum atomic E-state index is -0.915. The Bertz CT molecular complexity index is 347. The van der Waals surface area contributed by atoms with Gasteiger partial charge in [-0.15, -0.1) is 0 Å².